The van der Waals surface area contributed by atoms with Crippen LogP contribution in [0.4, 0.5) is 10.1 Å². The fourth-order valence-corrected chi connectivity index (χ4v) is 2.74. The van der Waals surface area contributed by atoms with E-state index in [1.807, 2.05) is 0 Å². The SMILES string of the molecule is O=C(c1ccccc1F)c1cc(Cl)ccc1N(CCO)C(=O)CNCCO. The molecule has 0 aliphatic rings. The minimum absolute atomic E-state index is 0.0524. The van der Waals surface area contributed by atoms with Crippen LogP contribution >= 0.6 is 11.6 Å². The van der Waals surface area contributed by atoms with Crippen LogP contribution in [0.5, 0.6) is 0 Å². The van der Waals surface area contributed by atoms with Gasteiger partial charge in [-0.1, -0.05) is 23.7 Å². The molecule has 2 aromatic carbocycles. The van der Waals surface area contributed by atoms with Gasteiger partial charge in [-0.25, -0.2) is 4.39 Å². The van der Waals surface area contributed by atoms with Crippen molar-refractivity contribution < 1.29 is 24.2 Å². The van der Waals surface area contributed by atoms with E-state index in [-0.39, 0.29) is 54.7 Å². The van der Waals surface area contributed by atoms with Crippen molar-refractivity contribution in [1.29, 1.82) is 0 Å². The van der Waals surface area contributed by atoms with E-state index in [1.54, 1.807) is 0 Å². The van der Waals surface area contributed by atoms with Gasteiger partial charge in [0.05, 0.1) is 31.0 Å². The van der Waals surface area contributed by atoms with E-state index in [0.717, 1.165) is 0 Å². The first-order valence-electron chi connectivity index (χ1n) is 8.31. The Balaban J connectivity index is 2.44. The van der Waals surface area contributed by atoms with E-state index in [9.17, 15) is 19.1 Å². The van der Waals surface area contributed by atoms with Crippen molar-refractivity contribution in [1.82, 2.24) is 5.32 Å². The van der Waals surface area contributed by atoms with Crippen LogP contribution < -0.4 is 10.2 Å². The molecule has 0 unspecified atom stereocenters. The Morgan fingerprint density at radius 2 is 1.81 bits per heavy atom. The van der Waals surface area contributed by atoms with Gasteiger partial charge in [-0.2, -0.15) is 0 Å². The molecule has 0 bridgehead atoms. The van der Waals surface area contributed by atoms with Gasteiger partial charge in [-0.3, -0.25) is 9.59 Å². The number of nitrogens with one attached hydrogen (secondary N) is 1. The molecule has 2 aromatic rings. The highest BCUT2D eigenvalue weighted by Gasteiger charge is 2.24. The number of hydrogen-bond acceptors (Lipinski definition) is 5. The third kappa shape index (κ3) is 5.33. The van der Waals surface area contributed by atoms with E-state index in [0.29, 0.717) is 0 Å². The average Bonchev–Trinajstić information content (AvgIpc) is 2.66. The van der Waals surface area contributed by atoms with E-state index in [4.69, 9.17) is 16.7 Å². The van der Waals surface area contributed by atoms with Crippen LogP contribution in [0.2, 0.25) is 5.02 Å². The van der Waals surface area contributed by atoms with E-state index >= 15 is 0 Å². The highest BCUT2D eigenvalue weighted by Crippen LogP contribution is 2.27. The normalized spacial score (nSPS) is 10.7. The maximum absolute atomic E-state index is 14.1. The number of benzene rings is 2. The summed E-state index contributed by atoms with van der Waals surface area (Å²) in [4.78, 5) is 26.6. The van der Waals surface area contributed by atoms with Crippen molar-refractivity contribution in [3.63, 3.8) is 0 Å². The van der Waals surface area contributed by atoms with Gasteiger partial charge in [0.2, 0.25) is 5.91 Å². The first-order valence-corrected chi connectivity index (χ1v) is 8.69. The summed E-state index contributed by atoms with van der Waals surface area (Å²) in [6, 6.07) is 9.89. The Morgan fingerprint density at radius 1 is 1.07 bits per heavy atom. The number of aliphatic hydroxyl groups is 2. The summed E-state index contributed by atoms with van der Waals surface area (Å²) in [7, 11) is 0. The number of halogens is 2. The Kier molecular flexibility index (Phi) is 7.87. The molecule has 0 spiro atoms. The molecule has 144 valence electrons. The second-order valence-electron chi connectivity index (χ2n) is 5.64. The van der Waals surface area contributed by atoms with Crippen LogP contribution in [0.15, 0.2) is 42.5 Å². The van der Waals surface area contributed by atoms with Crippen LogP contribution in [0.1, 0.15) is 15.9 Å². The lowest BCUT2D eigenvalue weighted by Crippen LogP contribution is -2.41. The lowest BCUT2D eigenvalue weighted by Gasteiger charge is -2.24. The third-order valence-electron chi connectivity index (χ3n) is 3.80. The maximum Gasteiger partial charge on any atom is 0.241 e. The van der Waals surface area contributed by atoms with Crippen LogP contribution in [0.3, 0.4) is 0 Å². The monoisotopic (exact) mass is 394 g/mol. The topological polar surface area (TPSA) is 89.9 Å². The van der Waals surface area contributed by atoms with Crippen LogP contribution in [-0.2, 0) is 4.79 Å². The molecule has 6 nitrogen and oxygen atoms in total. The van der Waals surface area contributed by atoms with E-state index in [2.05, 4.69) is 5.32 Å². The summed E-state index contributed by atoms with van der Waals surface area (Å²) in [5.41, 5.74) is 0.130. The molecule has 0 saturated carbocycles. The smallest absolute Gasteiger partial charge is 0.241 e. The van der Waals surface area contributed by atoms with Crippen molar-refractivity contribution >= 4 is 29.0 Å². The van der Waals surface area contributed by atoms with Gasteiger partial charge < -0.3 is 20.4 Å². The number of aliphatic hydroxyl groups excluding tert-OH is 2. The van der Waals surface area contributed by atoms with Crippen molar-refractivity contribution in [3.8, 4) is 0 Å². The number of hydrogen-bond donors (Lipinski definition) is 3. The second kappa shape index (κ2) is 10.1. The third-order valence-corrected chi connectivity index (χ3v) is 4.04. The molecule has 2 rings (SSSR count). The zero-order valence-corrected chi connectivity index (χ0v) is 15.2. The predicted molar refractivity (Wildman–Crippen MR) is 101 cm³/mol. The van der Waals surface area contributed by atoms with Gasteiger partial charge in [0, 0.05) is 23.7 Å². The van der Waals surface area contributed by atoms with Gasteiger partial charge in [-0.15, -0.1) is 0 Å². The van der Waals surface area contributed by atoms with Crippen LogP contribution in [-0.4, -0.2) is 54.8 Å². The number of nitrogens with zero attached hydrogens (tertiary/aromatic N) is 1. The molecule has 0 fully saturated rings. The first kappa shape index (κ1) is 21.0. The largest absolute Gasteiger partial charge is 0.395 e. The molecule has 3 N–H and O–H groups in total. The van der Waals surface area contributed by atoms with Crippen molar-refractivity contribution in [2.45, 2.75) is 0 Å². The number of rotatable bonds is 9. The Labute approximate surface area is 161 Å². The summed E-state index contributed by atoms with van der Waals surface area (Å²) in [5.74, 6) is -1.72. The zero-order valence-electron chi connectivity index (χ0n) is 14.5. The Hall–Kier alpha value is -2.32. The summed E-state index contributed by atoms with van der Waals surface area (Å²) >= 11 is 6.01. The number of carbonyl (C=O) groups excluding carboxylic acids is 2. The molecule has 0 radical (unpaired) electrons. The number of anilines is 1. The predicted octanol–water partition coefficient (Wildman–Crippen LogP) is 1.62. The highest BCUT2D eigenvalue weighted by atomic mass is 35.5. The fraction of sp³-hybridized carbons (Fsp3) is 0.263. The lowest BCUT2D eigenvalue weighted by molar-refractivity contribution is -0.117. The minimum Gasteiger partial charge on any atom is -0.395 e. The minimum atomic E-state index is -0.682. The molecular formula is C19H20ClFN2O4. The highest BCUT2D eigenvalue weighted by molar-refractivity contribution is 6.31. The molecule has 0 aliphatic heterocycles. The lowest BCUT2D eigenvalue weighted by atomic mass is 10.0. The quantitative estimate of drug-likeness (QED) is 0.444. The molecule has 0 saturated heterocycles. The van der Waals surface area contributed by atoms with Gasteiger partial charge in [0.15, 0.2) is 5.78 Å². The van der Waals surface area contributed by atoms with E-state index < -0.39 is 17.5 Å². The van der Waals surface area contributed by atoms with E-state index in [1.165, 1.54) is 47.4 Å². The first-order chi connectivity index (χ1) is 13.0. The fourth-order valence-electron chi connectivity index (χ4n) is 2.57. The maximum atomic E-state index is 14.1. The standard InChI is InChI=1S/C19H20ClFN2O4/c20-13-5-6-17(23(8-10-25)18(26)12-22-7-9-24)15(11-13)19(27)14-3-1-2-4-16(14)21/h1-6,11,22,24-25H,7-10,12H2. The molecule has 0 aliphatic carbocycles. The molecule has 0 atom stereocenters. The molecule has 0 heterocycles. The summed E-state index contributed by atoms with van der Waals surface area (Å²) in [6.45, 7) is -0.400. The van der Waals surface area contributed by atoms with Gasteiger partial charge in [0.25, 0.3) is 0 Å². The second-order valence-corrected chi connectivity index (χ2v) is 6.08. The van der Waals surface area contributed by atoms with Crippen LogP contribution in [0, 0.1) is 5.82 Å². The Morgan fingerprint density at radius 3 is 2.48 bits per heavy atom. The van der Waals surface area contributed by atoms with Crippen LogP contribution in [0.25, 0.3) is 0 Å². The average molecular weight is 395 g/mol. The van der Waals surface area contributed by atoms with Gasteiger partial charge >= 0.3 is 0 Å². The summed E-state index contributed by atoms with van der Waals surface area (Å²) in [5, 5.41) is 21.2. The van der Waals surface area contributed by atoms with Crippen molar-refractivity contribution in [2.24, 2.45) is 0 Å². The zero-order chi connectivity index (χ0) is 19.8. The molecule has 0 aromatic heterocycles. The number of carbonyl (C=O) groups is 2. The number of ketones is 1. The van der Waals surface area contributed by atoms with Gasteiger partial charge in [-0.05, 0) is 30.3 Å². The molecule has 1 amide bonds. The van der Waals surface area contributed by atoms with Crippen molar-refractivity contribution in [2.75, 3.05) is 37.7 Å². The van der Waals surface area contributed by atoms with Gasteiger partial charge in [0.1, 0.15) is 5.82 Å². The molecule has 8 heteroatoms. The molecular weight excluding hydrogens is 375 g/mol. The molecule has 27 heavy (non-hydrogen) atoms. The Bertz CT molecular complexity index is 816. The number of amides is 1. The summed E-state index contributed by atoms with van der Waals surface area (Å²) in [6.07, 6.45) is 0. The van der Waals surface area contributed by atoms with Crippen molar-refractivity contribution in [3.05, 3.63) is 64.4 Å². The summed E-state index contributed by atoms with van der Waals surface area (Å²) < 4.78 is 14.1.